The van der Waals surface area contributed by atoms with Crippen molar-refractivity contribution in [2.45, 2.75) is 18.0 Å². The fourth-order valence-corrected chi connectivity index (χ4v) is 2.87. The summed E-state index contributed by atoms with van der Waals surface area (Å²) in [5.74, 6) is 0.417. The van der Waals surface area contributed by atoms with E-state index < -0.39 is 0 Å². The molecule has 0 saturated heterocycles. The number of thioether (sulfide) groups is 1. The van der Waals surface area contributed by atoms with E-state index in [-0.39, 0.29) is 23.9 Å². The van der Waals surface area contributed by atoms with Crippen LogP contribution in [0.4, 0.5) is 0 Å². The highest BCUT2D eigenvalue weighted by Crippen LogP contribution is 2.21. The second kappa shape index (κ2) is 7.42. The smallest absolute Gasteiger partial charge is 0.217 e. The van der Waals surface area contributed by atoms with Crippen molar-refractivity contribution in [3.05, 3.63) is 40.7 Å². The number of hydrogen-bond acceptors (Lipinski definition) is 5. The van der Waals surface area contributed by atoms with Crippen LogP contribution in [0.2, 0.25) is 5.02 Å². The van der Waals surface area contributed by atoms with Gasteiger partial charge < -0.3 is 10.3 Å². The quantitative estimate of drug-likeness (QED) is 0.614. The summed E-state index contributed by atoms with van der Waals surface area (Å²) >= 11 is 7.28. The Bertz CT molecular complexity index is 702. The summed E-state index contributed by atoms with van der Waals surface area (Å²) in [5.41, 5.74) is 5.61. The van der Waals surface area contributed by atoms with Crippen LogP contribution >= 0.6 is 23.4 Å². The third-order valence-electron chi connectivity index (χ3n) is 3.03. The lowest BCUT2D eigenvalue weighted by Crippen LogP contribution is -2.13. The standard InChI is InChI=1S/C14H15ClN4O2S/c1-19-13(7-6-12(16)21)17-18-14(19)22-8-11(20)9-4-2-3-5-10(9)15/h2-5H,6-8H2,1H3,(H2,16,21). The molecule has 1 aromatic heterocycles. The Kier molecular flexibility index (Phi) is 5.57. The van der Waals surface area contributed by atoms with Crippen molar-refractivity contribution in [2.24, 2.45) is 12.8 Å². The first-order chi connectivity index (χ1) is 10.5. The zero-order valence-electron chi connectivity index (χ0n) is 12.0. The van der Waals surface area contributed by atoms with E-state index in [0.717, 1.165) is 0 Å². The number of carbonyl (C=O) groups excluding carboxylic acids is 2. The minimum atomic E-state index is -0.383. The molecule has 22 heavy (non-hydrogen) atoms. The van der Waals surface area contributed by atoms with E-state index in [9.17, 15) is 9.59 Å². The molecule has 2 aromatic rings. The molecule has 0 unspecified atom stereocenters. The van der Waals surface area contributed by atoms with Gasteiger partial charge in [-0.3, -0.25) is 9.59 Å². The summed E-state index contributed by atoms with van der Waals surface area (Å²) in [6.07, 6.45) is 0.646. The molecule has 8 heteroatoms. The first kappa shape index (κ1) is 16.5. The molecule has 0 bridgehead atoms. The number of aryl methyl sites for hydroxylation is 1. The molecule has 0 saturated carbocycles. The minimum Gasteiger partial charge on any atom is -0.370 e. The van der Waals surface area contributed by atoms with E-state index in [1.165, 1.54) is 11.8 Å². The normalized spacial score (nSPS) is 10.6. The van der Waals surface area contributed by atoms with E-state index in [1.54, 1.807) is 35.9 Å². The predicted molar refractivity (Wildman–Crippen MR) is 85.0 cm³/mol. The van der Waals surface area contributed by atoms with Crippen LogP contribution in [-0.4, -0.2) is 32.2 Å². The van der Waals surface area contributed by atoms with E-state index in [1.807, 2.05) is 0 Å². The van der Waals surface area contributed by atoms with E-state index in [2.05, 4.69) is 10.2 Å². The van der Waals surface area contributed by atoms with Gasteiger partial charge in [-0.15, -0.1) is 10.2 Å². The summed E-state index contributed by atoms with van der Waals surface area (Å²) in [5, 5.41) is 9.07. The van der Waals surface area contributed by atoms with Crippen LogP contribution in [0.15, 0.2) is 29.4 Å². The lowest BCUT2D eigenvalue weighted by Gasteiger charge is -2.04. The number of aromatic nitrogens is 3. The Morgan fingerprint density at radius 3 is 2.73 bits per heavy atom. The molecule has 0 spiro atoms. The topological polar surface area (TPSA) is 90.9 Å². The number of primary amides is 1. The maximum absolute atomic E-state index is 12.1. The fraction of sp³-hybridized carbons (Fsp3) is 0.286. The third kappa shape index (κ3) is 4.08. The summed E-state index contributed by atoms with van der Waals surface area (Å²) in [6, 6.07) is 6.93. The minimum absolute atomic E-state index is 0.0720. The fourth-order valence-electron chi connectivity index (χ4n) is 1.82. The monoisotopic (exact) mass is 338 g/mol. The van der Waals surface area contributed by atoms with Gasteiger partial charge in [-0.2, -0.15) is 0 Å². The number of Topliss-reactive ketones (excluding diaryl/α,β-unsaturated/α-hetero) is 1. The summed E-state index contributed by atoms with van der Waals surface area (Å²) in [6.45, 7) is 0. The number of benzene rings is 1. The van der Waals surface area contributed by atoms with Crippen LogP contribution in [0.1, 0.15) is 22.6 Å². The van der Waals surface area contributed by atoms with Gasteiger partial charge in [0.05, 0.1) is 10.8 Å². The molecule has 2 N–H and O–H groups in total. The third-order valence-corrected chi connectivity index (χ3v) is 4.38. The molecule has 0 radical (unpaired) electrons. The molecule has 1 amide bonds. The summed E-state index contributed by atoms with van der Waals surface area (Å²) < 4.78 is 1.76. The highest BCUT2D eigenvalue weighted by atomic mass is 35.5. The molecular weight excluding hydrogens is 324 g/mol. The van der Waals surface area contributed by atoms with Gasteiger partial charge in [0.15, 0.2) is 10.9 Å². The van der Waals surface area contributed by atoms with Gasteiger partial charge in [0, 0.05) is 25.5 Å². The Morgan fingerprint density at radius 1 is 1.32 bits per heavy atom. The number of rotatable bonds is 7. The van der Waals surface area contributed by atoms with Crippen molar-refractivity contribution < 1.29 is 9.59 Å². The first-order valence-corrected chi connectivity index (χ1v) is 7.92. The molecule has 0 aliphatic rings. The Balaban J connectivity index is 1.99. The highest BCUT2D eigenvalue weighted by Gasteiger charge is 2.14. The highest BCUT2D eigenvalue weighted by molar-refractivity contribution is 7.99. The SMILES string of the molecule is Cn1c(CCC(N)=O)nnc1SCC(=O)c1ccccc1Cl. The summed E-state index contributed by atoms with van der Waals surface area (Å²) in [4.78, 5) is 22.9. The van der Waals surface area contributed by atoms with Crippen LogP contribution in [0.5, 0.6) is 0 Å². The lowest BCUT2D eigenvalue weighted by atomic mass is 10.1. The molecule has 2 rings (SSSR count). The average molecular weight is 339 g/mol. The Morgan fingerprint density at radius 2 is 2.05 bits per heavy atom. The number of nitrogens with zero attached hydrogens (tertiary/aromatic N) is 3. The van der Waals surface area contributed by atoms with Crippen molar-refractivity contribution in [3.63, 3.8) is 0 Å². The van der Waals surface area contributed by atoms with Crippen LogP contribution in [-0.2, 0) is 18.3 Å². The van der Waals surface area contributed by atoms with Crippen LogP contribution in [0.3, 0.4) is 0 Å². The van der Waals surface area contributed by atoms with E-state index in [4.69, 9.17) is 17.3 Å². The van der Waals surface area contributed by atoms with Crippen molar-refractivity contribution in [2.75, 3.05) is 5.75 Å². The van der Waals surface area contributed by atoms with Crippen molar-refractivity contribution in [1.29, 1.82) is 0 Å². The number of hydrogen-bond donors (Lipinski definition) is 1. The zero-order valence-corrected chi connectivity index (χ0v) is 13.5. The van der Waals surface area contributed by atoms with Gasteiger partial charge in [-0.05, 0) is 12.1 Å². The number of halogens is 1. The van der Waals surface area contributed by atoms with Gasteiger partial charge in [0.1, 0.15) is 5.82 Å². The first-order valence-electron chi connectivity index (χ1n) is 6.56. The maximum atomic E-state index is 12.1. The van der Waals surface area contributed by atoms with Crippen molar-refractivity contribution in [3.8, 4) is 0 Å². The molecule has 1 aromatic carbocycles. The van der Waals surface area contributed by atoms with Gasteiger partial charge in [0.2, 0.25) is 5.91 Å². The second-order valence-electron chi connectivity index (χ2n) is 4.62. The molecule has 6 nitrogen and oxygen atoms in total. The molecular formula is C14H15ClN4O2S. The van der Waals surface area contributed by atoms with Gasteiger partial charge in [-0.1, -0.05) is 35.5 Å². The number of ketones is 1. The van der Waals surface area contributed by atoms with Crippen molar-refractivity contribution >= 4 is 35.1 Å². The molecule has 0 aliphatic heterocycles. The van der Waals surface area contributed by atoms with Crippen LogP contribution in [0, 0.1) is 0 Å². The number of amides is 1. The average Bonchev–Trinajstić information content (AvgIpc) is 2.83. The molecule has 0 fully saturated rings. The lowest BCUT2D eigenvalue weighted by molar-refractivity contribution is -0.118. The molecule has 1 heterocycles. The second-order valence-corrected chi connectivity index (χ2v) is 5.97. The zero-order chi connectivity index (χ0) is 16.1. The predicted octanol–water partition coefficient (Wildman–Crippen LogP) is 1.86. The summed E-state index contributed by atoms with van der Waals surface area (Å²) in [7, 11) is 1.79. The molecule has 0 atom stereocenters. The van der Waals surface area contributed by atoms with Crippen molar-refractivity contribution in [1.82, 2.24) is 14.8 Å². The molecule has 116 valence electrons. The van der Waals surface area contributed by atoms with Gasteiger partial charge in [-0.25, -0.2) is 0 Å². The van der Waals surface area contributed by atoms with Crippen LogP contribution < -0.4 is 5.73 Å². The van der Waals surface area contributed by atoms with Crippen LogP contribution in [0.25, 0.3) is 0 Å². The van der Waals surface area contributed by atoms with E-state index in [0.29, 0.717) is 28.0 Å². The Labute approximate surface area is 137 Å². The largest absolute Gasteiger partial charge is 0.370 e. The van der Waals surface area contributed by atoms with Gasteiger partial charge >= 0.3 is 0 Å². The number of nitrogens with two attached hydrogens (primary N) is 1. The maximum Gasteiger partial charge on any atom is 0.217 e. The van der Waals surface area contributed by atoms with E-state index >= 15 is 0 Å². The number of carbonyl (C=O) groups is 2. The van der Waals surface area contributed by atoms with Gasteiger partial charge in [0.25, 0.3) is 0 Å². The molecule has 0 aliphatic carbocycles. The Hall–Kier alpha value is -1.86.